The van der Waals surface area contributed by atoms with Gasteiger partial charge in [-0.1, -0.05) is 46.7 Å². The van der Waals surface area contributed by atoms with E-state index in [1.807, 2.05) is 0 Å². The maximum absolute atomic E-state index is 10.9. The molecule has 2 aromatic rings. The first-order valence-corrected chi connectivity index (χ1v) is 11.5. The fourth-order valence-electron chi connectivity index (χ4n) is 2.31. The van der Waals surface area contributed by atoms with Crippen molar-refractivity contribution < 1.29 is 14.5 Å². The summed E-state index contributed by atoms with van der Waals surface area (Å²) in [6, 6.07) is 9.01. The summed E-state index contributed by atoms with van der Waals surface area (Å²) in [5.41, 5.74) is 6.94. The van der Waals surface area contributed by atoms with E-state index >= 15 is 0 Å². The van der Waals surface area contributed by atoms with Gasteiger partial charge in [0.2, 0.25) is 11.8 Å². The van der Waals surface area contributed by atoms with Gasteiger partial charge < -0.3 is 16.4 Å². The minimum Gasteiger partial charge on any atom is -0.399 e. The normalized spacial score (nSPS) is 17.7. The zero-order valence-electron chi connectivity index (χ0n) is 16.0. The molecule has 166 valence electrons. The van der Waals surface area contributed by atoms with Gasteiger partial charge in [-0.25, -0.2) is 9.98 Å². The van der Waals surface area contributed by atoms with Gasteiger partial charge >= 0.3 is 0 Å². The van der Waals surface area contributed by atoms with Gasteiger partial charge in [-0.15, -0.1) is 0 Å². The second kappa shape index (κ2) is 10.7. The molecule has 2 fully saturated rings. The monoisotopic (exact) mass is 512 g/mol. The molecule has 2 heterocycles. The number of aliphatic imine (C=N–C) groups is 2. The van der Waals surface area contributed by atoms with Crippen LogP contribution < -0.4 is 16.4 Å². The predicted octanol–water partition coefficient (Wildman–Crippen LogP) is 3.87. The molecule has 4 rings (SSSR count). The molecule has 0 atom stereocenters. The van der Waals surface area contributed by atoms with Gasteiger partial charge in [-0.2, -0.15) is 0 Å². The molecule has 0 radical (unpaired) electrons. The van der Waals surface area contributed by atoms with Gasteiger partial charge in [-0.05, 0) is 24.3 Å². The molecule has 0 saturated carbocycles. The molecule has 2 aliphatic rings. The fraction of sp³-hybridized carbons (Fsp3) is 0.111. The zero-order valence-corrected chi connectivity index (χ0v) is 19.1. The van der Waals surface area contributed by atoms with Crippen molar-refractivity contribution in [3.05, 3.63) is 56.6 Å². The average molecular weight is 513 g/mol. The summed E-state index contributed by atoms with van der Waals surface area (Å²) >= 11 is 14.4. The number of amides is 2. The number of nitrogen functional groups attached to an aromatic ring is 1. The van der Waals surface area contributed by atoms with Crippen molar-refractivity contribution in [2.24, 2.45) is 9.98 Å². The maximum atomic E-state index is 10.9. The molecule has 2 aromatic carbocycles. The number of thioether (sulfide) groups is 2. The minimum absolute atomic E-state index is 0.0428. The number of nitrogens with one attached hydrogen (secondary N) is 2. The summed E-state index contributed by atoms with van der Waals surface area (Å²) in [5, 5.41) is 17.5. The van der Waals surface area contributed by atoms with E-state index in [1.165, 1.54) is 41.7 Å². The first-order valence-electron chi connectivity index (χ1n) is 8.73. The zero-order chi connectivity index (χ0) is 23.3. The van der Waals surface area contributed by atoms with Crippen LogP contribution in [0.5, 0.6) is 0 Å². The first kappa shape index (κ1) is 23.9. The molecule has 10 nitrogen and oxygen atoms in total. The predicted molar refractivity (Wildman–Crippen MR) is 129 cm³/mol. The molecule has 2 amide bonds. The van der Waals surface area contributed by atoms with Gasteiger partial charge in [-0.3, -0.25) is 19.7 Å². The van der Waals surface area contributed by atoms with Crippen LogP contribution in [0.4, 0.5) is 22.7 Å². The van der Waals surface area contributed by atoms with Crippen LogP contribution in [-0.2, 0) is 9.59 Å². The number of nitrogens with two attached hydrogens (primary N) is 1. The molecule has 0 spiro atoms. The van der Waals surface area contributed by atoms with E-state index in [1.54, 1.807) is 18.2 Å². The average Bonchev–Trinajstić information content (AvgIpc) is 3.34. The molecule has 32 heavy (non-hydrogen) atoms. The third-order valence-corrected chi connectivity index (χ3v) is 6.11. The van der Waals surface area contributed by atoms with Crippen LogP contribution >= 0.6 is 46.7 Å². The molecular formula is C18H14Cl2N6O4S2. The fourth-order valence-corrected chi connectivity index (χ4v) is 4.00. The van der Waals surface area contributed by atoms with E-state index in [2.05, 4.69) is 20.6 Å². The van der Waals surface area contributed by atoms with Crippen LogP contribution in [0.15, 0.2) is 46.4 Å². The number of hydrogen-bond donors (Lipinski definition) is 3. The second-order valence-electron chi connectivity index (χ2n) is 6.11. The van der Waals surface area contributed by atoms with Crippen LogP contribution in [0.2, 0.25) is 10.0 Å². The van der Waals surface area contributed by atoms with Gasteiger partial charge in [0.15, 0.2) is 10.3 Å². The number of carbonyl (C=O) groups is 2. The molecular weight excluding hydrogens is 499 g/mol. The minimum atomic E-state index is -0.527. The maximum Gasteiger partial charge on any atom is 0.271 e. The third kappa shape index (κ3) is 6.60. The topological polar surface area (TPSA) is 152 Å². The van der Waals surface area contributed by atoms with Crippen LogP contribution in [0.3, 0.4) is 0 Å². The molecule has 14 heteroatoms. The number of halogens is 2. The SMILES string of the molecule is Nc1ccc(Cl)c(N=C2NC(=O)CS2)c1.O=C1CSC(=Nc2cc([N+](=O)[O-])ccc2Cl)N1. The molecule has 0 aliphatic carbocycles. The van der Waals surface area contributed by atoms with Crippen molar-refractivity contribution in [1.82, 2.24) is 10.6 Å². The van der Waals surface area contributed by atoms with Crippen LogP contribution in [-0.4, -0.2) is 38.6 Å². The lowest BCUT2D eigenvalue weighted by Gasteiger charge is -2.01. The number of benzene rings is 2. The summed E-state index contributed by atoms with van der Waals surface area (Å²) in [4.78, 5) is 40.2. The smallest absolute Gasteiger partial charge is 0.271 e. The van der Waals surface area contributed by atoms with Crippen LogP contribution in [0.25, 0.3) is 0 Å². The highest BCUT2D eigenvalue weighted by Gasteiger charge is 2.18. The lowest BCUT2D eigenvalue weighted by molar-refractivity contribution is -0.384. The van der Waals surface area contributed by atoms with E-state index in [4.69, 9.17) is 28.9 Å². The van der Waals surface area contributed by atoms with Gasteiger partial charge in [0, 0.05) is 17.8 Å². The quantitative estimate of drug-likeness (QED) is 0.320. The van der Waals surface area contributed by atoms with Crippen LogP contribution in [0, 0.1) is 10.1 Å². The Hall–Kier alpha value is -2.80. The Balaban J connectivity index is 0.000000182. The first-order chi connectivity index (χ1) is 15.2. The number of nitrogens with zero attached hydrogens (tertiary/aromatic N) is 3. The molecule has 0 unspecified atom stereocenters. The van der Waals surface area contributed by atoms with E-state index in [9.17, 15) is 19.7 Å². The van der Waals surface area contributed by atoms with Crippen molar-refractivity contribution in [2.45, 2.75) is 0 Å². The van der Waals surface area contributed by atoms with E-state index in [0.717, 1.165) is 0 Å². The summed E-state index contributed by atoms with van der Waals surface area (Å²) < 4.78 is 0. The van der Waals surface area contributed by atoms with Crippen molar-refractivity contribution in [1.29, 1.82) is 0 Å². The lowest BCUT2D eigenvalue weighted by Crippen LogP contribution is -2.19. The summed E-state index contributed by atoms with van der Waals surface area (Å²) in [6.45, 7) is 0. The van der Waals surface area contributed by atoms with Gasteiger partial charge in [0.25, 0.3) is 5.69 Å². The Labute approximate surface area is 200 Å². The third-order valence-electron chi connectivity index (χ3n) is 3.73. The van der Waals surface area contributed by atoms with Crippen molar-refractivity contribution >= 4 is 91.6 Å². The number of non-ortho nitro benzene ring substituents is 1. The molecule has 2 saturated heterocycles. The Kier molecular flexibility index (Phi) is 7.96. The Morgan fingerprint density at radius 3 is 1.88 bits per heavy atom. The molecule has 4 N–H and O–H groups in total. The van der Waals surface area contributed by atoms with Crippen LogP contribution in [0.1, 0.15) is 0 Å². The summed E-state index contributed by atoms with van der Waals surface area (Å²) in [6.07, 6.45) is 0. The summed E-state index contributed by atoms with van der Waals surface area (Å²) in [5.74, 6) is 0.513. The van der Waals surface area contributed by atoms with E-state index in [-0.39, 0.29) is 23.2 Å². The molecule has 0 aromatic heterocycles. The Morgan fingerprint density at radius 2 is 1.41 bits per heavy atom. The molecule has 0 bridgehead atoms. The number of rotatable bonds is 3. The number of nitro groups is 1. The van der Waals surface area contributed by atoms with Crippen molar-refractivity contribution in [3.63, 3.8) is 0 Å². The standard InChI is InChI=1S/C9H6ClN3O3S.C9H8ClN3OS/c10-6-2-1-5(13(15)16)3-7(6)11-9-12-8(14)4-17-9;10-6-2-1-5(11)3-7(6)12-9-13-8(14)4-15-9/h1-3H,4H2,(H,11,12,14);1-3H,4,11H2,(H,12,13,14). The number of anilines is 1. The Bertz CT molecular complexity index is 1160. The van der Waals surface area contributed by atoms with Gasteiger partial charge in [0.05, 0.1) is 37.8 Å². The van der Waals surface area contributed by atoms with Crippen molar-refractivity contribution in [2.75, 3.05) is 17.2 Å². The van der Waals surface area contributed by atoms with Crippen molar-refractivity contribution in [3.8, 4) is 0 Å². The van der Waals surface area contributed by atoms with E-state index in [0.29, 0.717) is 43.3 Å². The number of nitro benzene ring substituents is 1. The number of amidine groups is 2. The highest BCUT2D eigenvalue weighted by Crippen LogP contribution is 2.31. The molecule has 2 aliphatic heterocycles. The Morgan fingerprint density at radius 1 is 0.906 bits per heavy atom. The highest BCUT2D eigenvalue weighted by atomic mass is 35.5. The second-order valence-corrected chi connectivity index (χ2v) is 8.85. The highest BCUT2D eigenvalue weighted by molar-refractivity contribution is 8.15. The summed E-state index contributed by atoms with van der Waals surface area (Å²) in [7, 11) is 0. The number of carbonyl (C=O) groups excluding carboxylic acids is 2. The van der Waals surface area contributed by atoms with E-state index < -0.39 is 4.92 Å². The largest absolute Gasteiger partial charge is 0.399 e. The lowest BCUT2D eigenvalue weighted by atomic mass is 10.3. The number of hydrogen-bond acceptors (Lipinski definition) is 9. The van der Waals surface area contributed by atoms with Gasteiger partial charge in [0.1, 0.15) is 0 Å².